The molecule has 0 heterocycles. The number of carbonyl (C=O) groups is 2. The first-order valence-corrected chi connectivity index (χ1v) is 4.26. The highest BCUT2D eigenvalue weighted by Gasteiger charge is 2.31. The highest BCUT2D eigenvalue weighted by molar-refractivity contribution is 6.38. The number of Topliss-reactive ketones (excluding diaryl/α,β-unsaturated/α-hetero) is 1. The smallest absolute Gasteiger partial charge is 0.288 e. The Hall–Kier alpha value is -1.41. The monoisotopic (exact) mass is 198 g/mol. The maximum atomic E-state index is 11.3. The van der Waals surface area contributed by atoms with Gasteiger partial charge in [0.05, 0.1) is 24.5 Å². The zero-order chi connectivity index (χ0) is 11.2. The van der Waals surface area contributed by atoms with Crippen LogP contribution >= 0.6 is 0 Å². The molecule has 2 N–H and O–H groups in total. The summed E-state index contributed by atoms with van der Waals surface area (Å²) in [6, 6.07) is 1.84. The van der Waals surface area contributed by atoms with E-state index in [9.17, 15) is 9.59 Å². The van der Waals surface area contributed by atoms with Crippen molar-refractivity contribution < 1.29 is 14.7 Å². The molecule has 5 heteroatoms. The second-order valence-electron chi connectivity index (χ2n) is 3.54. The van der Waals surface area contributed by atoms with Crippen LogP contribution in [0.5, 0.6) is 0 Å². The van der Waals surface area contributed by atoms with Crippen LogP contribution in [0.4, 0.5) is 0 Å². The van der Waals surface area contributed by atoms with Crippen molar-refractivity contribution in [3.63, 3.8) is 0 Å². The third-order valence-electron chi connectivity index (χ3n) is 1.74. The summed E-state index contributed by atoms with van der Waals surface area (Å²) in [5, 5.41) is 19.3. The fourth-order valence-corrected chi connectivity index (χ4v) is 0.691. The Morgan fingerprint density at radius 3 is 2.50 bits per heavy atom. The van der Waals surface area contributed by atoms with E-state index in [1.807, 2.05) is 6.07 Å². The lowest BCUT2D eigenvalue weighted by Gasteiger charge is -2.18. The molecule has 0 spiro atoms. The average molecular weight is 198 g/mol. The molecule has 0 rings (SSSR count). The molecule has 0 saturated carbocycles. The van der Waals surface area contributed by atoms with Gasteiger partial charge in [-0.25, -0.2) is 0 Å². The number of carbonyl (C=O) groups excluding carboxylic acids is 2. The number of nitriles is 1. The summed E-state index contributed by atoms with van der Waals surface area (Å²) >= 11 is 0. The molecular weight excluding hydrogens is 184 g/mol. The average Bonchev–Trinajstić information content (AvgIpc) is 2.17. The molecule has 0 saturated heterocycles. The lowest BCUT2D eigenvalue weighted by Crippen LogP contribution is -2.41. The van der Waals surface area contributed by atoms with Crippen LogP contribution in [0.3, 0.4) is 0 Å². The zero-order valence-corrected chi connectivity index (χ0v) is 8.33. The van der Waals surface area contributed by atoms with E-state index < -0.39 is 17.1 Å². The Morgan fingerprint density at radius 1 is 1.50 bits per heavy atom. The number of aliphatic hydroxyl groups is 1. The van der Waals surface area contributed by atoms with Gasteiger partial charge in [0.1, 0.15) is 0 Å². The van der Waals surface area contributed by atoms with Crippen LogP contribution in [0.15, 0.2) is 0 Å². The van der Waals surface area contributed by atoms with E-state index in [-0.39, 0.29) is 19.6 Å². The summed E-state index contributed by atoms with van der Waals surface area (Å²) in [4.78, 5) is 22.5. The van der Waals surface area contributed by atoms with Crippen molar-refractivity contribution in [2.75, 3.05) is 13.2 Å². The lowest BCUT2D eigenvalue weighted by molar-refractivity contribution is -0.144. The molecule has 0 atom stereocenters. The number of aliphatic hydroxyl groups excluding tert-OH is 1. The van der Waals surface area contributed by atoms with Crippen LogP contribution in [0.25, 0.3) is 0 Å². The van der Waals surface area contributed by atoms with E-state index in [1.54, 1.807) is 0 Å². The Kier molecular flexibility index (Phi) is 4.81. The first-order chi connectivity index (χ1) is 6.45. The first-order valence-electron chi connectivity index (χ1n) is 4.26. The topological polar surface area (TPSA) is 90.2 Å². The summed E-state index contributed by atoms with van der Waals surface area (Å²) in [7, 11) is 0. The van der Waals surface area contributed by atoms with E-state index >= 15 is 0 Å². The predicted octanol–water partition coefficient (Wildman–Crippen LogP) is -0.396. The fourth-order valence-electron chi connectivity index (χ4n) is 0.691. The molecule has 0 aromatic heterocycles. The third-order valence-corrected chi connectivity index (χ3v) is 1.74. The second kappa shape index (κ2) is 5.35. The molecule has 0 bridgehead atoms. The molecule has 0 fully saturated rings. The largest absolute Gasteiger partial charge is 0.395 e. The molecule has 0 aliphatic rings. The number of ketones is 1. The van der Waals surface area contributed by atoms with Gasteiger partial charge < -0.3 is 10.4 Å². The number of rotatable bonds is 5. The van der Waals surface area contributed by atoms with Crippen LogP contribution in [-0.2, 0) is 9.59 Å². The summed E-state index contributed by atoms with van der Waals surface area (Å²) in [5.41, 5.74) is -1.06. The minimum Gasteiger partial charge on any atom is -0.395 e. The van der Waals surface area contributed by atoms with Gasteiger partial charge in [-0.1, -0.05) is 13.8 Å². The Labute approximate surface area is 82.7 Å². The van der Waals surface area contributed by atoms with Crippen LogP contribution in [0.2, 0.25) is 0 Å². The molecule has 0 aliphatic carbocycles. The second-order valence-corrected chi connectivity index (χ2v) is 3.54. The van der Waals surface area contributed by atoms with Gasteiger partial charge in [-0.15, -0.1) is 0 Å². The van der Waals surface area contributed by atoms with Gasteiger partial charge in [-0.3, -0.25) is 9.59 Å². The van der Waals surface area contributed by atoms with Gasteiger partial charge in [-0.05, 0) is 0 Å². The molecular formula is C9H14N2O3. The van der Waals surface area contributed by atoms with Gasteiger partial charge in [0, 0.05) is 6.54 Å². The van der Waals surface area contributed by atoms with Crippen LogP contribution in [0.1, 0.15) is 20.3 Å². The Morgan fingerprint density at radius 2 is 2.07 bits per heavy atom. The lowest BCUT2D eigenvalue weighted by atomic mass is 9.89. The zero-order valence-electron chi connectivity index (χ0n) is 8.33. The van der Waals surface area contributed by atoms with Crippen molar-refractivity contribution in [3.05, 3.63) is 0 Å². The number of hydrogen-bond acceptors (Lipinski definition) is 4. The highest BCUT2D eigenvalue weighted by Crippen LogP contribution is 2.14. The van der Waals surface area contributed by atoms with Crippen molar-refractivity contribution in [2.24, 2.45) is 5.41 Å². The standard InChI is InChI=1S/C9H14N2O3/c1-9(2,6-12)7(13)8(14)11-5-3-4-10/h12H,3,5-6H2,1-2H3,(H,11,14). The third kappa shape index (κ3) is 3.54. The fraction of sp³-hybridized carbons (Fsp3) is 0.667. The maximum absolute atomic E-state index is 11.3. The quantitative estimate of drug-likeness (QED) is 0.464. The van der Waals surface area contributed by atoms with E-state index in [0.717, 1.165) is 0 Å². The number of nitrogens with zero attached hydrogens (tertiary/aromatic N) is 1. The SMILES string of the molecule is CC(C)(CO)C(=O)C(=O)NCCC#N. The van der Waals surface area contributed by atoms with E-state index in [2.05, 4.69) is 5.32 Å². The minimum absolute atomic E-state index is 0.155. The summed E-state index contributed by atoms with van der Waals surface area (Å²) < 4.78 is 0. The molecule has 0 aromatic rings. The minimum atomic E-state index is -1.06. The van der Waals surface area contributed by atoms with E-state index in [4.69, 9.17) is 10.4 Å². The van der Waals surface area contributed by atoms with Crippen molar-refractivity contribution >= 4 is 11.7 Å². The van der Waals surface area contributed by atoms with Gasteiger partial charge in [0.25, 0.3) is 5.91 Å². The van der Waals surface area contributed by atoms with Crippen molar-refractivity contribution in [2.45, 2.75) is 20.3 Å². The van der Waals surface area contributed by atoms with Crippen molar-refractivity contribution in [1.29, 1.82) is 5.26 Å². The Bertz CT molecular complexity index is 266. The van der Waals surface area contributed by atoms with E-state index in [1.165, 1.54) is 13.8 Å². The predicted molar refractivity (Wildman–Crippen MR) is 49.1 cm³/mol. The Balaban J connectivity index is 4.14. The molecule has 5 nitrogen and oxygen atoms in total. The van der Waals surface area contributed by atoms with Gasteiger partial charge in [-0.2, -0.15) is 5.26 Å². The number of hydrogen-bond donors (Lipinski definition) is 2. The number of nitrogens with one attached hydrogen (secondary N) is 1. The van der Waals surface area contributed by atoms with Crippen molar-refractivity contribution in [1.82, 2.24) is 5.32 Å². The molecule has 78 valence electrons. The van der Waals surface area contributed by atoms with Crippen LogP contribution in [-0.4, -0.2) is 29.9 Å². The molecule has 1 amide bonds. The highest BCUT2D eigenvalue weighted by atomic mass is 16.3. The van der Waals surface area contributed by atoms with Gasteiger partial charge >= 0.3 is 0 Å². The summed E-state index contributed by atoms with van der Waals surface area (Å²) in [5.74, 6) is -1.42. The van der Waals surface area contributed by atoms with Crippen molar-refractivity contribution in [3.8, 4) is 6.07 Å². The molecule has 0 unspecified atom stereocenters. The molecule has 0 radical (unpaired) electrons. The van der Waals surface area contributed by atoms with Gasteiger partial charge in [0.15, 0.2) is 0 Å². The summed E-state index contributed by atoms with van der Waals surface area (Å²) in [6.45, 7) is 2.75. The van der Waals surface area contributed by atoms with Crippen LogP contribution < -0.4 is 5.32 Å². The summed E-state index contributed by atoms with van der Waals surface area (Å²) in [6.07, 6.45) is 0.165. The van der Waals surface area contributed by atoms with Gasteiger partial charge in [0.2, 0.25) is 5.78 Å². The number of amides is 1. The molecule has 0 aromatic carbocycles. The first kappa shape index (κ1) is 12.6. The maximum Gasteiger partial charge on any atom is 0.288 e. The molecule has 0 aliphatic heterocycles. The molecule has 14 heavy (non-hydrogen) atoms. The van der Waals surface area contributed by atoms with Crippen LogP contribution in [0, 0.1) is 16.7 Å². The van der Waals surface area contributed by atoms with E-state index in [0.29, 0.717) is 0 Å². The normalized spacial score (nSPS) is 10.4.